The standard InChI is InChI=1S/C17H22N2O3/c1-18-15(20)9-12-19(18)14-8-4-3-7-13(14)17(16(21)22)10-5-2-6-11-17/h3-4,7-8H,2,5-6,9-12H2,1H3,(H,21,22). The molecular formula is C17H22N2O3. The number of amides is 1. The minimum absolute atomic E-state index is 0.0721. The molecule has 22 heavy (non-hydrogen) atoms. The fourth-order valence-corrected chi connectivity index (χ4v) is 3.79. The van der Waals surface area contributed by atoms with Crippen molar-refractivity contribution in [2.24, 2.45) is 0 Å². The Bertz CT molecular complexity index is 593. The van der Waals surface area contributed by atoms with Crippen molar-refractivity contribution in [1.29, 1.82) is 0 Å². The number of hydrogen-bond donors (Lipinski definition) is 1. The Morgan fingerprint density at radius 3 is 2.45 bits per heavy atom. The Morgan fingerprint density at radius 2 is 1.86 bits per heavy atom. The zero-order chi connectivity index (χ0) is 15.7. The number of carbonyl (C=O) groups excluding carboxylic acids is 1. The molecule has 0 unspecified atom stereocenters. The Labute approximate surface area is 130 Å². The summed E-state index contributed by atoms with van der Waals surface area (Å²) in [4.78, 5) is 23.9. The molecule has 1 aromatic carbocycles. The van der Waals surface area contributed by atoms with Crippen molar-refractivity contribution in [3.63, 3.8) is 0 Å². The number of aliphatic carboxylic acids is 1. The Morgan fingerprint density at radius 1 is 1.18 bits per heavy atom. The molecule has 1 aliphatic heterocycles. The Balaban J connectivity index is 2.07. The average molecular weight is 302 g/mol. The van der Waals surface area contributed by atoms with Crippen LogP contribution in [0, 0.1) is 0 Å². The van der Waals surface area contributed by atoms with Gasteiger partial charge in [-0.1, -0.05) is 37.5 Å². The number of benzene rings is 1. The predicted octanol–water partition coefficient (Wildman–Crippen LogP) is 2.56. The van der Waals surface area contributed by atoms with E-state index in [0.717, 1.165) is 30.5 Å². The molecule has 0 radical (unpaired) electrons. The number of carboxylic acid groups (broad SMARTS) is 1. The zero-order valence-electron chi connectivity index (χ0n) is 12.9. The monoisotopic (exact) mass is 302 g/mol. The molecule has 118 valence electrons. The summed E-state index contributed by atoms with van der Waals surface area (Å²) in [6.45, 7) is 0.613. The predicted molar refractivity (Wildman–Crippen MR) is 83.6 cm³/mol. The Kier molecular flexibility index (Phi) is 3.81. The third-order valence-electron chi connectivity index (χ3n) is 5.07. The molecule has 1 saturated carbocycles. The van der Waals surface area contributed by atoms with Crippen LogP contribution in [0.4, 0.5) is 5.69 Å². The van der Waals surface area contributed by atoms with E-state index < -0.39 is 11.4 Å². The van der Waals surface area contributed by atoms with Crippen molar-refractivity contribution >= 4 is 17.6 Å². The van der Waals surface area contributed by atoms with Gasteiger partial charge in [-0.15, -0.1) is 0 Å². The number of rotatable bonds is 3. The maximum Gasteiger partial charge on any atom is 0.314 e. The molecule has 2 fully saturated rings. The first-order valence-electron chi connectivity index (χ1n) is 7.93. The van der Waals surface area contributed by atoms with E-state index in [1.807, 2.05) is 29.3 Å². The van der Waals surface area contributed by atoms with Crippen LogP contribution in [0.15, 0.2) is 24.3 Å². The van der Waals surface area contributed by atoms with Gasteiger partial charge in [0.1, 0.15) is 0 Å². The number of para-hydroxylation sites is 1. The molecule has 1 aliphatic carbocycles. The van der Waals surface area contributed by atoms with Crippen LogP contribution in [0.2, 0.25) is 0 Å². The molecule has 5 heteroatoms. The highest BCUT2D eigenvalue weighted by Crippen LogP contribution is 2.44. The summed E-state index contributed by atoms with van der Waals surface area (Å²) in [7, 11) is 1.75. The molecule has 0 spiro atoms. The SMILES string of the molecule is CN1C(=O)CCN1c1ccccc1C1(C(=O)O)CCCCC1. The van der Waals surface area contributed by atoms with Crippen LogP contribution >= 0.6 is 0 Å². The normalized spacial score (nSPS) is 21.2. The fourth-order valence-electron chi connectivity index (χ4n) is 3.79. The van der Waals surface area contributed by atoms with Gasteiger partial charge in [-0.2, -0.15) is 0 Å². The molecule has 1 saturated heterocycles. The molecule has 1 amide bonds. The molecule has 5 nitrogen and oxygen atoms in total. The average Bonchev–Trinajstić information content (AvgIpc) is 2.87. The Hall–Kier alpha value is -2.04. The van der Waals surface area contributed by atoms with Gasteiger partial charge in [-0.05, 0) is 24.5 Å². The van der Waals surface area contributed by atoms with Crippen LogP contribution in [0.1, 0.15) is 44.1 Å². The summed E-state index contributed by atoms with van der Waals surface area (Å²) >= 11 is 0. The summed E-state index contributed by atoms with van der Waals surface area (Å²) in [6.07, 6.45) is 4.80. The van der Waals surface area contributed by atoms with Gasteiger partial charge in [0.25, 0.3) is 0 Å². The van der Waals surface area contributed by atoms with Crippen molar-refractivity contribution in [2.75, 3.05) is 18.6 Å². The van der Waals surface area contributed by atoms with E-state index in [9.17, 15) is 14.7 Å². The van der Waals surface area contributed by atoms with Gasteiger partial charge in [0, 0.05) is 20.0 Å². The van der Waals surface area contributed by atoms with Crippen LogP contribution in [0.25, 0.3) is 0 Å². The minimum atomic E-state index is -0.818. The highest BCUT2D eigenvalue weighted by Gasteiger charge is 2.44. The lowest BCUT2D eigenvalue weighted by Crippen LogP contribution is -2.42. The summed E-state index contributed by atoms with van der Waals surface area (Å²) in [5.74, 6) is -0.671. The van der Waals surface area contributed by atoms with E-state index in [-0.39, 0.29) is 5.91 Å². The summed E-state index contributed by atoms with van der Waals surface area (Å²) in [5.41, 5.74) is 0.894. The van der Waals surface area contributed by atoms with Gasteiger partial charge in [-0.25, -0.2) is 0 Å². The summed E-state index contributed by atoms with van der Waals surface area (Å²) in [5, 5.41) is 13.5. The van der Waals surface area contributed by atoms with Gasteiger partial charge in [0.05, 0.1) is 11.1 Å². The second kappa shape index (κ2) is 5.63. The molecule has 0 atom stereocenters. The highest BCUT2D eigenvalue weighted by atomic mass is 16.4. The van der Waals surface area contributed by atoms with Gasteiger partial charge >= 0.3 is 5.97 Å². The largest absolute Gasteiger partial charge is 0.481 e. The maximum atomic E-state index is 12.1. The second-order valence-electron chi connectivity index (χ2n) is 6.26. The van der Waals surface area contributed by atoms with Crippen molar-refractivity contribution in [2.45, 2.75) is 43.9 Å². The van der Waals surface area contributed by atoms with E-state index in [1.54, 1.807) is 12.1 Å². The van der Waals surface area contributed by atoms with Crippen LogP contribution in [-0.4, -0.2) is 35.6 Å². The van der Waals surface area contributed by atoms with Crippen LogP contribution in [-0.2, 0) is 15.0 Å². The van der Waals surface area contributed by atoms with Gasteiger partial charge in [0.15, 0.2) is 0 Å². The molecule has 3 rings (SSSR count). The lowest BCUT2D eigenvalue weighted by molar-refractivity contribution is -0.145. The smallest absolute Gasteiger partial charge is 0.314 e. The van der Waals surface area contributed by atoms with Crippen LogP contribution in [0.3, 0.4) is 0 Å². The van der Waals surface area contributed by atoms with Crippen LogP contribution < -0.4 is 5.01 Å². The van der Waals surface area contributed by atoms with Gasteiger partial charge in [0.2, 0.25) is 5.91 Å². The summed E-state index contributed by atoms with van der Waals surface area (Å²) < 4.78 is 0. The number of anilines is 1. The van der Waals surface area contributed by atoms with E-state index in [1.165, 1.54) is 0 Å². The highest BCUT2D eigenvalue weighted by molar-refractivity contribution is 5.86. The van der Waals surface area contributed by atoms with Crippen LogP contribution in [0.5, 0.6) is 0 Å². The number of carbonyl (C=O) groups is 2. The minimum Gasteiger partial charge on any atom is -0.481 e. The quantitative estimate of drug-likeness (QED) is 0.932. The lowest BCUT2D eigenvalue weighted by Gasteiger charge is -2.38. The fraction of sp³-hybridized carbons (Fsp3) is 0.529. The first-order valence-corrected chi connectivity index (χ1v) is 7.93. The van der Waals surface area contributed by atoms with Crippen molar-refractivity contribution < 1.29 is 14.7 Å². The van der Waals surface area contributed by atoms with E-state index in [4.69, 9.17) is 0 Å². The lowest BCUT2D eigenvalue weighted by atomic mass is 9.69. The third-order valence-corrected chi connectivity index (χ3v) is 5.07. The number of hydrogen-bond acceptors (Lipinski definition) is 3. The molecule has 2 aliphatic rings. The number of hydrazine groups is 1. The number of nitrogens with zero attached hydrogens (tertiary/aromatic N) is 2. The first-order chi connectivity index (χ1) is 10.6. The second-order valence-corrected chi connectivity index (χ2v) is 6.26. The molecule has 1 N–H and O–H groups in total. The van der Waals surface area contributed by atoms with Gasteiger partial charge in [-0.3, -0.25) is 19.6 Å². The van der Waals surface area contributed by atoms with Gasteiger partial charge < -0.3 is 5.11 Å². The van der Waals surface area contributed by atoms with Crippen molar-refractivity contribution in [3.05, 3.63) is 29.8 Å². The third kappa shape index (κ3) is 2.25. The summed E-state index contributed by atoms with van der Waals surface area (Å²) in [6, 6.07) is 7.67. The number of carboxylic acids is 1. The van der Waals surface area contributed by atoms with E-state index >= 15 is 0 Å². The first kappa shape index (κ1) is 14.9. The molecule has 0 aromatic heterocycles. The molecule has 1 heterocycles. The molecule has 0 bridgehead atoms. The molecular weight excluding hydrogens is 280 g/mol. The zero-order valence-corrected chi connectivity index (χ0v) is 12.9. The van der Waals surface area contributed by atoms with E-state index in [0.29, 0.717) is 25.8 Å². The maximum absolute atomic E-state index is 12.1. The topological polar surface area (TPSA) is 60.9 Å². The molecule has 1 aromatic rings. The van der Waals surface area contributed by atoms with Crippen molar-refractivity contribution in [3.8, 4) is 0 Å². The van der Waals surface area contributed by atoms with Crippen molar-refractivity contribution in [1.82, 2.24) is 5.01 Å². The van der Waals surface area contributed by atoms with E-state index in [2.05, 4.69) is 0 Å².